The first kappa shape index (κ1) is 37.5. The maximum absolute atomic E-state index is 14.1. The van der Waals surface area contributed by atoms with Gasteiger partial charge < -0.3 is 35.0 Å². The monoisotopic (exact) mass is 778 g/mol. The fraction of sp³-hybridized carbons (Fsp3) is 0.415. The number of para-hydroxylation sites is 1. The summed E-state index contributed by atoms with van der Waals surface area (Å²) >= 11 is 1.59. The summed E-state index contributed by atoms with van der Waals surface area (Å²) < 4.78 is 11.7. The molecule has 0 unspecified atom stereocenters. The van der Waals surface area contributed by atoms with Crippen LogP contribution in [0, 0.1) is 12.8 Å². The molecule has 0 saturated carbocycles. The number of nitrogens with one attached hydrogen (secondary N) is 2. The number of carbonyl (C=O) groups is 2. The number of β-amino-alcohol motifs (C(OH)–C–C–N with tert-alkyl or cyclic N) is 1. The van der Waals surface area contributed by atoms with E-state index in [-0.39, 0.29) is 53.8 Å². The van der Waals surface area contributed by atoms with E-state index in [9.17, 15) is 19.8 Å². The van der Waals surface area contributed by atoms with Crippen LogP contribution in [-0.2, 0) is 15.0 Å². The van der Waals surface area contributed by atoms with Gasteiger partial charge in [-0.15, -0.1) is 21.5 Å². The van der Waals surface area contributed by atoms with Crippen molar-refractivity contribution in [3.8, 4) is 33.3 Å². The van der Waals surface area contributed by atoms with Crippen LogP contribution in [0.5, 0.6) is 11.6 Å². The number of aromatic hydroxyl groups is 1. The minimum absolute atomic E-state index is 0.0504. The first-order valence-corrected chi connectivity index (χ1v) is 19.9. The van der Waals surface area contributed by atoms with Gasteiger partial charge in [0, 0.05) is 61.8 Å². The molecule has 15 heteroatoms. The summed E-state index contributed by atoms with van der Waals surface area (Å²) in [5.74, 6) is 0.0527. The maximum atomic E-state index is 14.1. The number of aryl methyl sites for hydroxylation is 1. The summed E-state index contributed by atoms with van der Waals surface area (Å²) in [6.45, 7) is 11.2. The second kappa shape index (κ2) is 15.3. The Labute approximate surface area is 328 Å². The van der Waals surface area contributed by atoms with Crippen LogP contribution < -0.4 is 15.4 Å². The van der Waals surface area contributed by atoms with Crippen LogP contribution in [-0.4, -0.2) is 104 Å². The highest BCUT2D eigenvalue weighted by Gasteiger charge is 2.49. The summed E-state index contributed by atoms with van der Waals surface area (Å²) in [5, 5.41) is 40.3. The predicted octanol–water partition coefficient (Wildman–Crippen LogP) is 4.91. The molecular weight excluding hydrogens is 733 g/mol. The van der Waals surface area contributed by atoms with Crippen molar-refractivity contribution in [3.05, 3.63) is 88.8 Å². The van der Waals surface area contributed by atoms with E-state index in [1.165, 1.54) is 4.90 Å². The third-order valence-electron chi connectivity index (χ3n) is 11.2. The van der Waals surface area contributed by atoms with E-state index in [0.717, 1.165) is 52.7 Å². The Morgan fingerprint density at radius 2 is 1.89 bits per heavy atom. The Balaban J connectivity index is 0.860. The van der Waals surface area contributed by atoms with E-state index < -0.39 is 18.1 Å². The number of ether oxygens (including phenoxy) is 1. The molecule has 2 fully saturated rings. The van der Waals surface area contributed by atoms with Gasteiger partial charge in [0.15, 0.2) is 11.6 Å². The third-order valence-corrected chi connectivity index (χ3v) is 12.2. The van der Waals surface area contributed by atoms with Gasteiger partial charge in [0.25, 0.3) is 5.88 Å². The van der Waals surface area contributed by atoms with Gasteiger partial charge in [-0.1, -0.05) is 50.2 Å². The first-order chi connectivity index (χ1) is 27.0. The van der Waals surface area contributed by atoms with Crippen LogP contribution in [0.2, 0.25) is 0 Å². The lowest BCUT2D eigenvalue weighted by molar-refractivity contribution is -0.141. The Hall–Kier alpha value is -5.38. The van der Waals surface area contributed by atoms with Crippen LogP contribution in [0.4, 0.5) is 5.82 Å². The number of hydrogen-bond donors (Lipinski definition) is 4. The number of fused-ring (bicyclic) bond motifs is 2. The molecule has 2 aromatic carbocycles. The minimum atomic E-state index is -0.829. The molecule has 2 saturated heterocycles. The first-order valence-electron chi connectivity index (χ1n) is 19.0. The van der Waals surface area contributed by atoms with E-state index in [0.29, 0.717) is 30.2 Å². The zero-order valence-electron chi connectivity index (χ0n) is 31.8. The molecule has 8 rings (SSSR count). The number of likely N-dealkylation sites (tertiary alicyclic amines) is 2. The Morgan fingerprint density at radius 3 is 2.62 bits per heavy atom. The Morgan fingerprint density at radius 1 is 1.11 bits per heavy atom. The van der Waals surface area contributed by atoms with E-state index in [4.69, 9.17) is 9.26 Å². The number of aliphatic hydroxyl groups excluding tert-OH is 1. The lowest BCUT2D eigenvalue weighted by atomic mass is 9.75. The van der Waals surface area contributed by atoms with Crippen LogP contribution >= 0.6 is 11.3 Å². The van der Waals surface area contributed by atoms with E-state index >= 15 is 0 Å². The topological polar surface area (TPSA) is 179 Å². The van der Waals surface area contributed by atoms with Crippen molar-refractivity contribution in [2.75, 3.05) is 44.6 Å². The maximum Gasteiger partial charge on any atom is 0.254 e. The van der Waals surface area contributed by atoms with Crippen molar-refractivity contribution in [1.29, 1.82) is 0 Å². The number of thiazole rings is 1. The Kier molecular flexibility index (Phi) is 10.2. The molecule has 3 aromatic heterocycles. The smallest absolute Gasteiger partial charge is 0.254 e. The number of nitrogens with zero attached hydrogens (tertiary/aromatic N) is 6. The molecule has 4 N–H and O–H groups in total. The van der Waals surface area contributed by atoms with Gasteiger partial charge in [-0.2, -0.15) is 0 Å². The fourth-order valence-electron chi connectivity index (χ4n) is 8.23. The lowest BCUT2D eigenvalue weighted by Crippen LogP contribution is -2.61. The number of aliphatic hydroxyl groups is 1. The standard InChI is InChI=1S/C41H46N8O6S/c1-23(2)36(40(53)49-18-28(50)15-32(49)39(52)44-24(3)26-9-11-27(12-10-26)37-25(4)43-22-56-37)34-17-35(47-55-34)54-14-13-48-20-41(21-48)19-42-38-30(41)16-31(45-46-38)29-7-5-6-8-33(29)51/h5-12,16-17,22-24,28,32,36,50-51H,13-15,18-21H2,1-4H3,(H,42,46)(H,44,52)/t24-,28+,32-,36+/m0/s1. The SMILES string of the molecule is Cc1ncsc1-c1ccc([C@H](C)NC(=O)[C@@H]2C[C@@H](O)CN2C(=O)[C@@H](c2cc(OCCN3CC4(CNc5nnc(-c6ccccc6O)cc54)C3)no2)C(C)C)cc1. The highest BCUT2D eigenvalue weighted by Crippen LogP contribution is 2.44. The van der Waals surface area contributed by atoms with E-state index in [2.05, 4.69) is 35.9 Å². The molecule has 1 spiro atoms. The molecule has 0 aliphatic carbocycles. The fourth-order valence-corrected chi connectivity index (χ4v) is 9.04. The number of aromatic nitrogens is 4. The van der Waals surface area contributed by atoms with Gasteiger partial charge >= 0.3 is 0 Å². The molecule has 0 bridgehead atoms. The van der Waals surface area contributed by atoms with Crippen LogP contribution in [0.3, 0.4) is 0 Å². The van der Waals surface area contributed by atoms with Crippen molar-refractivity contribution < 1.29 is 29.1 Å². The summed E-state index contributed by atoms with van der Waals surface area (Å²) in [5.41, 5.74) is 7.09. The van der Waals surface area contributed by atoms with E-state index in [1.54, 1.807) is 29.5 Å². The number of carbonyl (C=O) groups excluding carboxylic acids is 2. The number of benzene rings is 2. The molecule has 0 radical (unpaired) electrons. The molecule has 5 aromatic rings. The Bertz CT molecular complexity index is 2220. The van der Waals surface area contributed by atoms with Gasteiger partial charge in [0.2, 0.25) is 11.8 Å². The van der Waals surface area contributed by atoms with Crippen molar-refractivity contribution >= 4 is 29.0 Å². The van der Waals surface area contributed by atoms with Crippen molar-refractivity contribution in [2.45, 2.75) is 63.6 Å². The number of hydrogen-bond acceptors (Lipinski definition) is 13. The molecule has 292 valence electrons. The van der Waals surface area contributed by atoms with Gasteiger partial charge in [-0.05, 0) is 54.2 Å². The molecule has 56 heavy (non-hydrogen) atoms. The summed E-state index contributed by atoms with van der Waals surface area (Å²) in [6, 6.07) is 17.7. The summed E-state index contributed by atoms with van der Waals surface area (Å²) in [7, 11) is 0. The average molecular weight is 779 g/mol. The summed E-state index contributed by atoms with van der Waals surface area (Å²) in [6.07, 6.45) is -0.677. The number of phenols is 1. The molecule has 2 amide bonds. The lowest BCUT2D eigenvalue weighted by Gasteiger charge is -2.47. The van der Waals surface area contributed by atoms with Gasteiger partial charge in [-0.25, -0.2) is 4.98 Å². The van der Waals surface area contributed by atoms with E-state index in [1.807, 2.05) is 75.7 Å². The molecule has 3 aliphatic rings. The molecule has 6 heterocycles. The predicted molar refractivity (Wildman–Crippen MR) is 210 cm³/mol. The quantitative estimate of drug-likeness (QED) is 0.135. The second-order valence-electron chi connectivity index (χ2n) is 15.5. The van der Waals surface area contributed by atoms with Crippen LogP contribution in [0.25, 0.3) is 21.7 Å². The van der Waals surface area contributed by atoms with Gasteiger partial charge in [0.05, 0.1) is 33.9 Å². The largest absolute Gasteiger partial charge is 0.507 e. The summed E-state index contributed by atoms with van der Waals surface area (Å²) in [4.78, 5) is 37.0. The zero-order valence-corrected chi connectivity index (χ0v) is 32.6. The van der Waals surface area contributed by atoms with Crippen molar-refractivity contribution in [1.82, 2.24) is 35.5 Å². The highest BCUT2D eigenvalue weighted by molar-refractivity contribution is 7.13. The number of rotatable bonds is 12. The molecule has 4 atom stereocenters. The molecular formula is C41H46N8O6S. The second-order valence-corrected chi connectivity index (χ2v) is 16.4. The van der Waals surface area contributed by atoms with Gasteiger partial charge in [-0.3, -0.25) is 14.5 Å². The molecule has 14 nitrogen and oxygen atoms in total. The number of anilines is 1. The van der Waals surface area contributed by atoms with Crippen molar-refractivity contribution in [2.24, 2.45) is 5.92 Å². The minimum Gasteiger partial charge on any atom is -0.507 e. The zero-order chi connectivity index (χ0) is 39.1. The normalized spacial score (nSPS) is 19.7. The van der Waals surface area contributed by atoms with Crippen LogP contribution in [0.15, 0.2) is 70.7 Å². The number of phenolic OH excluding ortho intramolecular Hbond substituents is 1. The highest BCUT2D eigenvalue weighted by atomic mass is 32.1. The number of amides is 2. The van der Waals surface area contributed by atoms with Gasteiger partial charge in [0.1, 0.15) is 24.3 Å². The van der Waals surface area contributed by atoms with Crippen molar-refractivity contribution in [3.63, 3.8) is 0 Å². The van der Waals surface area contributed by atoms with Crippen LogP contribution in [0.1, 0.15) is 61.7 Å². The third kappa shape index (κ3) is 7.21. The molecule has 3 aliphatic heterocycles. The average Bonchev–Trinajstić information content (AvgIpc) is 3.98.